The Hall–Kier alpha value is -2.47. The molecule has 1 aromatic carbocycles. The molecule has 6 heteroatoms. The number of ether oxygens (including phenoxy) is 1. The zero-order valence-electron chi connectivity index (χ0n) is 14.5. The number of fused-ring (bicyclic) bond motifs is 1. The largest absolute Gasteiger partial charge is 0.378 e. The molecule has 0 bridgehead atoms. The number of hydrogen-bond acceptors (Lipinski definition) is 5. The molecule has 1 atom stereocenters. The molecule has 1 N–H and O–H groups in total. The molecule has 3 aromatic rings. The van der Waals surface area contributed by atoms with Crippen molar-refractivity contribution in [3.63, 3.8) is 0 Å². The van der Waals surface area contributed by atoms with Crippen LogP contribution in [0, 0.1) is 5.41 Å². The van der Waals surface area contributed by atoms with Gasteiger partial charge >= 0.3 is 0 Å². The molecule has 0 saturated carbocycles. The first-order chi connectivity index (χ1) is 11.5. The fraction of sp³-hybridized carbons (Fsp3) is 0.389. The van der Waals surface area contributed by atoms with Crippen molar-refractivity contribution in [1.82, 2.24) is 19.6 Å². The Bertz CT molecular complexity index is 807. The van der Waals surface area contributed by atoms with Crippen LogP contribution in [0.5, 0.6) is 0 Å². The zero-order valence-corrected chi connectivity index (χ0v) is 14.5. The molecular formula is C18H23N5O. The average Bonchev–Trinajstić information content (AvgIpc) is 3.01. The summed E-state index contributed by atoms with van der Waals surface area (Å²) in [7, 11) is 1.66. The Balaban J connectivity index is 2.04. The van der Waals surface area contributed by atoms with Crippen molar-refractivity contribution >= 4 is 11.6 Å². The van der Waals surface area contributed by atoms with Gasteiger partial charge in [-0.05, 0) is 11.0 Å². The molecule has 0 aliphatic rings. The third-order valence-corrected chi connectivity index (χ3v) is 3.89. The van der Waals surface area contributed by atoms with Crippen LogP contribution in [0.2, 0.25) is 0 Å². The van der Waals surface area contributed by atoms with E-state index in [1.165, 1.54) is 11.9 Å². The van der Waals surface area contributed by atoms with Crippen molar-refractivity contribution in [1.29, 1.82) is 0 Å². The second-order valence-corrected chi connectivity index (χ2v) is 6.89. The number of nitrogens with zero attached hydrogens (tertiary/aromatic N) is 4. The van der Waals surface area contributed by atoms with Gasteiger partial charge in [0.15, 0.2) is 0 Å². The highest BCUT2D eigenvalue weighted by Crippen LogP contribution is 2.35. The van der Waals surface area contributed by atoms with E-state index in [9.17, 15) is 0 Å². The summed E-state index contributed by atoms with van der Waals surface area (Å²) in [6, 6.07) is 12.5. The molecule has 0 saturated heterocycles. The van der Waals surface area contributed by atoms with Crippen LogP contribution >= 0.6 is 0 Å². The van der Waals surface area contributed by atoms with E-state index in [0.29, 0.717) is 12.4 Å². The summed E-state index contributed by atoms with van der Waals surface area (Å²) in [6.45, 7) is 7.08. The van der Waals surface area contributed by atoms with E-state index in [4.69, 9.17) is 4.74 Å². The van der Waals surface area contributed by atoms with E-state index in [0.717, 1.165) is 11.5 Å². The van der Waals surface area contributed by atoms with E-state index in [-0.39, 0.29) is 11.5 Å². The van der Waals surface area contributed by atoms with Gasteiger partial charge in [0.2, 0.25) is 0 Å². The molecule has 0 spiro atoms. The fourth-order valence-corrected chi connectivity index (χ4v) is 2.78. The monoisotopic (exact) mass is 325 g/mol. The van der Waals surface area contributed by atoms with Gasteiger partial charge in [-0.25, -0.2) is 4.98 Å². The summed E-state index contributed by atoms with van der Waals surface area (Å²) >= 11 is 0. The molecule has 6 nitrogen and oxygen atoms in total. The molecule has 1 unspecified atom stereocenters. The van der Waals surface area contributed by atoms with E-state index in [1.807, 2.05) is 12.1 Å². The summed E-state index contributed by atoms with van der Waals surface area (Å²) in [5, 5.41) is 7.92. The summed E-state index contributed by atoms with van der Waals surface area (Å²) in [4.78, 5) is 8.66. The molecule has 0 aliphatic heterocycles. The standard InChI is InChI=1S/C18H23N5O/c1-18(2,3)16(13-8-6-5-7-9-13)22-15-10-14(11-24-4)21-17-19-12-20-23(15)17/h5-10,12,16,22H,11H2,1-4H3. The lowest BCUT2D eigenvalue weighted by molar-refractivity contribution is 0.181. The van der Waals surface area contributed by atoms with Crippen molar-refractivity contribution in [3.05, 3.63) is 54.0 Å². The highest BCUT2D eigenvalue weighted by atomic mass is 16.5. The molecule has 0 fully saturated rings. The number of methoxy groups -OCH3 is 1. The van der Waals surface area contributed by atoms with Gasteiger partial charge in [0.1, 0.15) is 12.1 Å². The Morgan fingerprint density at radius 2 is 1.96 bits per heavy atom. The molecule has 0 amide bonds. The average molecular weight is 325 g/mol. The second-order valence-electron chi connectivity index (χ2n) is 6.89. The Labute approximate surface area is 141 Å². The Morgan fingerprint density at radius 3 is 2.62 bits per heavy atom. The first kappa shape index (κ1) is 16.4. The number of anilines is 1. The molecule has 2 heterocycles. The number of nitrogens with one attached hydrogen (secondary N) is 1. The van der Waals surface area contributed by atoms with Crippen molar-refractivity contribution in [2.75, 3.05) is 12.4 Å². The molecule has 126 valence electrons. The maximum Gasteiger partial charge on any atom is 0.254 e. The van der Waals surface area contributed by atoms with Crippen molar-refractivity contribution in [3.8, 4) is 0 Å². The molecule has 0 aliphatic carbocycles. The van der Waals surface area contributed by atoms with Gasteiger partial charge in [-0.3, -0.25) is 0 Å². The lowest BCUT2D eigenvalue weighted by Gasteiger charge is -2.32. The van der Waals surface area contributed by atoms with Crippen LogP contribution in [0.1, 0.15) is 38.1 Å². The highest BCUT2D eigenvalue weighted by Gasteiger charge is 2.27. The second kappa shape index (κ2) is 6.57. The van der Waals surface area contributed by atoms with Crippen LogP contribution in [0.3, 0.4) is 0 Å². The van der Waals surface area contributed by atoms with E-state index in [1.54, 1.807) is 11.6 Å². The quantitative estimate of drug-likeness (QED) is 0.778. The zero-order chi connectivity index (χ0) is 17.2. The van der Waals surface area contributed by atoms with E-state index >= 15 is 0 Å². The van der Waals surface area contributed by atoms with Gasteiger partial charge in [-0.1, -0.05) is 51.1 Å². The van der Waals surface area contributed by atoms with Gasteiger partial charge in [-0.15, -0.1) is 0 Å². The van der Waals surface area contributed by atoms with E-state index < -0.39 is 0 Å². The van der Waals surface area contributed by atoms with Gasteiger partial charge in [0, 0.05) is 13.2 Å². The lowest BCUT2D eigenvalue weighted by atomic mass is 9.82. The van der Waals surface area contributed by atoms with Gasteiger partial charge in [0.05, 0.1) is 18.3 Å². The maximum atomic E-state index is 5.22. The molecule has 24 heavy (non-hydrogen) atoms. The summed E-state index contributed by atoms with van der Waals surface area (Å²) < 4.78 is 6.94. The Kier molecular flexibility index (Phi) is 4.49. The molecular weight excluding hydrogens is 302 g/mol. The van der Waals surface area contributed by atoms with Crippen LogP contribution in [0.25, 0.3) is 5.78 Å². The van der Waals surface area contributed by atoms with Crippen LogP contribution in [-0.4, -0.2) is 26.7 Å². The normalized spacial score (nSPS) is 13.2. The minimum atomic E-state index is 0.0128. The fourth-order valence-electron chi connectivity index (χ4n) is 2.78. The van der Waals surface area contributed by atoms with Crippen LogP contribution in [0.15, 0.2) is 42.7 Å². The number of aromatic nitrogens is 4. The lowest BCUT2D eigenvalue weighted by Crippen LogP contribution is -2.27. The maximum absolute atomic E-state index is 5.22. The molecule has 2 aromatic heterocycles. The minimum Gasteiger partial charge on any atom is -0.378 e. The van der Waals surface area contributed by atoms with E-state index in [2.05, 4.69) is 65.4 Å². The molecule has 0 radical (unpaired) electrons. The van der Waals surface area contributed by atoms with Gasteiger partial charge in [-0.2, -0.15) is 14.6 Å². The third-order valence-electron chi connectivity index (χ3n) is 3.89. The summed E-state index contributed by atoms with van der Waals surface area (Å²) in [5.41, 5.74) is 2.06. The predicted molar refractivity (Wildman–Crippen MR) is 93.8 cm³/mol. The van der Waals surface area contributed by atoms with Gasteiger partial charge < -0.3 is 10.1 Å². The number of hydrogen-bond donors (Lipinski definition) is 1. The van der Waals surface area contributed by atoms with Crippen LogP contribution < -0.4 is 5.32 Å². The Morgan fingerprint density at radius 1 is 1.21 bits per heavy atom. The molecule has 3 rings (SSSR count). The highest BCUT2D eigenvalue weighted by molar-refractivity contribution is 5.47. The number of rotatable bonds is 5. The van der Waals surface area contributed by atoms with Crippen molar-refractivity contribution < 1.29 is 4.74 Å². The van der Waals surface area contributed by atoms with Crippen LogP contribution in [0.4, 0.5) is 5.82 Å². The topological polar surface area (TPSA) is 64.3 Å². The summed E-state index contributed by atoms with van der Waals surface area (Å²) in [5.74, 6) is 1.42. The van der Waals surface area contributed by atoms with Crippen LogP contribution in [-0.2, 0) is 11.3 Å². The third kappa shape index (κ3) is 3.38. The van der Waals surface area contributed by atoms with Crippen molar-refractivity contribution in [2.45, 2.75) is 33.4 Å². The number of benzene rings is 1. The smallest absolute Gasteiger partial charge is 0.254 e. The minimum absolute atomic E-state index is 0.0128. The summed E-state index contributed by atoms with van der Waals surface area (Å²) in [6.07, 6.45) is 1.51. The first-order valence-electron chi connectivity index (χ1n) is 7.99. The SMILES string of the molecule is COCc1cc(NC(c2ccccc2)C(C)(C)C)n2ncnc2n1. The van der Waals surface area contributed by atoms with Gasteiger partial charge in [0.25, 0.3) is 5.78 Å². The first-order valence-corrected chi connectivity index (χ1v) is 7.99. The predicted octanol–water partition coefficient (Wildman–Crippen LogP) is 3.47. The van der Waals surface area contributed by atoms with Crippen molar-refractivity contribution in [2.24, 2.45) is 5.41 Å².